The summed E-state index contributed by atoms with van der Waals surface area (Å²) in [6.45, 7) is 5.18. The van der Waals surface area contributed by atoms with Crippen molar-refractivity contribution >= 4 is 0 Å². The van der Waals surface area contributed by atoms with Crippen LogP contribution in [0, 0.1) is 0 Å². The number of rotatable bonds is 5. The van der Waals surface area contributed by atoms with Crippen molar-refractivity contribution in [3.8, 4) is 11.1 Å². The molecule has 2 aromatic rings. The Kier molecular flexibility index (Phi) is 5.92. The van der Waals surface area contributed by atoms with Gasteiger partial charge < -0.3 is 15.3 Å². The van der Waals surface area contributed by atoms with Crippen LogP contribution in [0.1, 0.15) is 43.6 Å². The minimum absolute atomic E-state index is 0.160. The van der Waals surface area contributed by atoms with Crippen molar-refractivity contribution in [1.82, 2.24) is 10.2 Å². The van der Waals surface area contributed by atoms with Gasteiger partial charge in [-0.15, -0.1) is 0 Å². The molecule has 3 nitrogen and oxygen atoms in total. The number of piperazine rings is 1. The van der Waals surface area contributed by atoms with Gasteiger partial charge in [-0.25, -0.2) is 0 Å². The van der Waals surface area contributed by atoms with Gasteiger partial charge in [-0.1, -0.05) is 73.9 Å². The molecule has 27 heavy (non-hydrogen) atoms. The molecule has 0 aromatic heterocycles. The van der Waals surface area contributed by atoms with E-state index in [9.17, 15) is 5.11 Å². The fourth-order valence-corrected chi connectivity index (χ4v) is 4.90. The third kappa shape index (κ3) is 4.26. The SMILES string of the molecule is OC1(C(CN2CCNCC2)c2ccccc2-c2ccccc2)CCCCC1. The van der Waals surface area contributed by atoms with Gasteiger partial charge in [0.15, 0.2) is 0 Å². The quantitative estimate of drug-likeness (QED) is 0.841. The van der Waals surface area contributed by atoms with Gasteiger partial charge in [-0.05, 0) is 29.5 Å². The van der Waals surface area contributed by atoms with Crippen molar-refractivity contribution in [1.29, 1.82) is 0 Å². The lowest BCUT2D eigenvalue weighted by Crippen LogP contribution is -2.49. The lowest BCUT2D eigenvalue weighted by Gasteiger charge is -2.43. The number of nitrogens with zero attached hydrogens (tertiary/aromatic N) is 1. The first-order valence-corrected chi connectivity index (χ1v) is 10.6. The summed E-state index contributed by atoms with van der Waals surface area (Å²) in [6, 6.07) is 19.4. The summed E-state index contributed by atoms with van der Waals surface area (Å²) in [5.41, 5.74) is 3.25. The molecule has 1 saturated heterocycles. The van der Waals surface area contributed by atoms with Gasteiger partial charge in [0.1, 0.15) is 0 Å². The van der Waals surface area contributed by atoms with Crippen LogP contribution in [-0.4, -0.2) is 48.3 Å². The van der Waals surface area contributed by atoms with E-state index in [-0.39, 0.29) is 5.92 Å². The molecule has 0 radical (unpaired) electrons. The third-order valence-corrected chi connectivity index (χ3v) is 6.44. The molecule has 2 fully saturated rings. The van der Waals surface area contributed by atoms with Gasteiger partial charge in [0.25, 0.3) is 0 Å². The maximum Gasteiger partial charge on any atom is 0.0728 e. The van der Waals surface area contributed by atoms with E-state index in [1.807, 2.05) is 0 Å². The molecule has 0 spiro atoms. The van der Waals surface area contributed by atoms with Gasteiger partial charge >= 0.3 is 0 Å². The highest BCUT2D eigenvalue weighted by molar-refractivity contribution is 5.68. The smallest absolute Gasteiger partial charge is 0.0728 e. The van der Waals surface area contributed by atoms with E-state index in [1.54, 1.807) is 0 Å². The predicted octanol–water partition coefficient (Wildman–Crippen LogP) is 4.04. The molecule has 1 aliphatic heterocycles. The molecule has 0 amide bonds. The maximum absolute atomic E-state index is 11.7. The van der Waals surface area contributed by atoms with Crippen molar-refractivity contribution in [3.05, 3.63) is 60.2 Å². The zero-order valence-corrected chi connectivity index (χ0v) is 16.2. The van der Waals surface area contributed by atoms with Crippen LogP contribution in [0.5, 0.6) is 0 Å². The third-order valence-electron chi connectivity index (χ3n) is 6.44. The highest BCUT2D eigenvalue weighted by atomic mass is 16.3. The number of aliphatic hydroxyl groups is 1. The molecule has 1 saturated carbocycles. The van der Waals surface area contributed by atoms with Crippen molar-refractivity contribution in [2.24, 2.45) is 0 Å². The van der Waals surface area contributed by atoms with Crippen LogP contribution in [0.2, 0.25) is 0 Å². The Hall–Kier alpha value is -1.68. The molecule has 2 N–H and O–H groups in total. The highest BCUT2D eigenvalue weighted by Crippen LogP contribution is 2.43. The second-order valence-electron chi connectivity index (χ2n) is 8.22. The molecule has 1 heterocycles. The second-order valence-corrected chi connectivity index (χ2v) is 8.22. The molecule has 2 aromatic carbocycles. The summed E-state index contributed by atoms with van der Waals surface area (Å²) >= 11 is 0. The van der Waals surface area contributed by atoms with Crippen LogP contribution in [0.25, 0.3) is 11.1 Å². The zero-order chi connectivity index (χ0) is 18.5. The van der Waals surface area contributed by atoms with Crippen LogP contribution in [-0.2, 0) is 0 Å². The summed E-state index contributed by atoms with van der Waals surface area (Å²) in [5, 5.41) is 15.2. The molecular weight excluding hydrogens is 332 g/mol. The van der Waals surface area contributed by atoms with E-state index in [0.29, 0.717) is 0 Å². The predicted molar refractivity (Wildman–Crippen MR) is 112 cm³/mol. The molecule has 0 bridgehead atoms. The van der Waals surface area contributed by atoms with Crippen LogP contribution in [0.4, 0.5) is 0 Å². The first-order chi connectivity index (χ1) is 13.3. The van der Waals surface area contributed by atoms with Crippen LogP contribution >= 0.6 is 0 Å². The molecule has 1 aliphatic carbocycles. The monoisotopic (exact) mass is 364 g/mol. The molecule has 3 heteroatoms. The average Bonchev–Trinajstić information content (AvgIpc) is 2.74. The number of hydrogen-bond donors (Lipinski definition) is 2. The Morgan fingerprint density at radius 2 is 1.56 bits per heavy atom. The highest BCUT2D eigenvalue weighted by Gasteiger charge is 2.40. The lowest BCUT2D eigenvalue weighted by atomic mass is 9.71. The van der Waals surface area contributed by atoms with E-state index >= 15 is 0 Å². The summed E-state index contributed by atoms with van der Waals surface area (Å²) < 4.78 is 0. The van der Waals surface area contributed by atoms with E-state index in [4.69, 9.17) is 0 Å². The van der Waals surface area contributed by atoms with Gasteiger partial charge in [0.05, 0.1) is 5.60 Å². The molecule has 1 unspecified atom stereocenters. The lowest BCUT2D eigenvalue weighted by molar-refractivity contribution is -0.0315. The molecular formula is C24H32N2O. The van der Waals surface area contributed by atoms with Crippen molar-refractivity contribution in [2.75, 3.05) is 32.7 Å². The average molecular weight is 365 g/mol. The first kappa shape index (κ1) is 18.7. The van der Waals surface area contributed by atoms with Gasteiger partial charge in [-0.3, -0.25) is 0 Å². The van der Waals surface area contributed by atoms with E-state index in [2.05, 4.69) is 64.8 Å². The fraction of sp³-hybridized carbons (Fsp3) is 0.500. The van der Waals surface area contributed by atoms with Crippen LogP contribution in [0.3, 0.4) is 0 Å². The summed E-state index contributed by atoms with van der Waals surface area (Å²) in [5.74, 6) is 0.160. The largest absolute Gasteiger partial charge is 0.389 e. The topological polar surface area (TPSA) is 35.5 Å². The normalized spacial score (nSPS) is 21.7. The Labute approximate surface area is 163 Å². The minimum Gasteiger partial charge on any atom is -0.389 e. The number of hydrogen-bond acceptors (Lipinski definition) is 3. The molecule has 144 valence electrons. The van der Waals surface area contributed by atoms with E-state index in [1.165, 1.54) is 23.1 Å². The molecule has 2 aliphatic rings. The fourth-order valence-electron chi connectivity index (χ4n) is 4.90. The van der Waals surface area contributed by atoms with Crippen molar-refractivity contribution in [2.45, 2.75) is 43.6 Å². The van der Waals surface area contributed by atoms with E-state index in [0.717, 1.165) is 58.4 Å². The minimum atomic E-state index is -0.589. The Balaban J connectivity index is 1.72. The standard InChI is InChI=1S/C24H32N2O/c27-24(13-7-2-8-14-24)23(19-26-17-15-25-16-18-26)22-12-6-5-11-21(22)20-9-3-1-4-10-20/h1,3-6,9-12,23,25,27H,2,7-8,13-19H2. The number of benzene rings is 2. The maximum atomic E-state index is 11.7. The van der Waals surface area contributed by atoms with Gasteiger partial charge in [0, 0.05) is 38.6 Å². The first-order valence-electron chi connectivity index (χ1n) is 10.6. The van der Waals surface area contributed by atoms with Crippen LogP contribution in [0.15, 0.2) is 54.6 Å². The van der Waals surface area contributed by atoms with E-state index < -0.39 is 5.60 Å². The number of nitrogens with one attached hydrogen (secondary N) is 1. The Morgan fingerprint density at radius 1 is 0.889 bits per heavy atom. The van der Waals surface area contributed by atoms with Gasteiger partial charge in [-0.2, -0.15) is 0 Å². The van der Waals surface area contributed by atoms with Crippen molar-refractivity contribution in [3.63, 3.8) is 0 Å². The molecule has 1 atom stereocenters. The zero-order valence-electron chi connectivity index (χ0n) is 16.2. The summed E-state index contributed by atoms with van der Waals surface area (Å²) in [7, 11) is 0. The van der Waals surface area contributed by atoms with Gasteiger partial charge in [0.2, 0.25) is 0 Å². The summed E-state index contributed by atoms with van der Waals surface area (Å²) in [6.07, 6.45) is 5.38. The summed E-state index contributed by atoms with van der Waals surface area (Å²) in [4.78, 5) is 2.54. The Bertz CT molecular complexity index is 718. The molecule has 4 rings (SSSR count). The second kappa shape index (κ2) is 8.55. The van der Waals surface area contributed by atoms with Crippen molar-refractivity contribution < 1.29 is 5.11 Å². The van der Waals surface area contributed by atoms with Crippen LogP contribution < -0.4 is 5.32 Å². The Morgan fingerprint density at radius 3 is 2.30 bits per heavy atom.